The van der Waals surface area contributed by atoms with Gasteiger partial charge in [-0.2, -0.15) is 0 Å². The third-order valence-corrected chi connectivity index (χ3v) is 3.40. The summed E-state index contributed by atoms with van der Waals surface area (Å²) in [6, 6.07) is 8.55. The maximum absolute atomic E-state index is 11.8. The van der Waals surface area contributed by atoms with Crippen molar-refractivity contribution in [2.45, 2.75) is 12.8 Å². The van der Waals surface area contributed by atoms with Crippen molar-refractivity contribution in [3.05, 3.63) is 52.7 Å². The lowest BCUT2D eigenvalue weighted by Crippen LogP contribution is -2.16. The summed E-state index contributed by atoms with van der Waals surface area (Å²) in [7, 11) is 0. The Balaban J connectivity index is 1.51. The Morgan fingerprint density at radius 3 is 2.58 bits per heavy atom. The van der Waals surface area contributed by atoms with Gasteiger partial charge in [-0.05, 0) is 37.0 Å². The second kappa shape index (κ2) is 6.95. The highest BCUT2D eigenvalue weighted by Gasteiger charge is 2.22. The number of amides is 1. The Kier molecular flexibility index (Phi) is 4.55. The molecule has 1 heterocycles. The number of non-ortho nitro benzene ring substituents is 1. The average Bonchev–Trinajstić information content (AvgIpc) is 3.39. The quantitative estimate of drug-likeness (QED) is 0.643. The van der Waals surface area contributed by atoms with Gasteiger partial charge in [-0.1, -0.05) is 0 Å². The van der Waals surface area contributed by atoms with Crippen LogP contribution in [0.5, 0.6) is 11.6 Å². The van der Waals surface area contributed by atoms with Crippen molar-refractivity contribution in [3.63, 3.8) is 0 Å². The normalized spacial score (nSPS) is 13.2. The Labute approximate surface area is 137 Å². The molecule has 1 N–H and O–H groups in total. The summed E-state index contributed by atoms with van der Waals surface area (Å²) in [6.07, 6.45) is 3.17. The number of aromatic nitrogens is 1. The predicted molar refractivity (Wildman–Crippen MR) is 85.2 cm³/mol. The number of benzene rings is 1. The van der Waals surface area contributed by atoms with Gasteiger partial charge in [0.2, 0.25) is 5.88 Å². The largest absolute Gasteiger partial charge is 0.477 e. The van der Waals surface area contributed by atoms with Gasteiger partial charge >= 0.3 is 6.09 Å². The number of rotatable bonds is 6. The molecule has 0 atom stereocenters. The van der Waals surface area contributed by atoms with E-state index in [1.54, 1.807) is 12.1 Å². The van der Waals surface area contributed by atoms with E-state index in [0.717, 1.165) is 0 Å². The highest BCUT2D eigenvalue weighted by atomic mass is 16.6. The van der Waals surface area contributed by atoms with Crippen molar-refractivity contribution in [3.8, 4) is 11.6 Å². The van der Waals surface area contributed by atoms with Crippen molar-refractivity contribution in [2.24, 2.45) is 5.92 Å². The summed E-state index contributed by atoms with van der Waals surface area (Å²) in [5, 5.41) is 13.1. The molecule has 8 heteroatoms. The first-order chi connectivity index (χ1) is 11.6. The van der Waals surface area contributed by atoms with E-state index in [1.807, 2.05) is 0 Å². The maximum Gasteiger partial charge on any atom is 0.417 e. The molecule has 0 aliphatic heterocycles. The van der Waals surface area contributed by atoms with Gasteiger partial charge in [-0.15, -0.1) is 0 Å². The van der Waals surface area contributed by atoms with Gasteiger partial charge < -0.3 is 9.47 Å². The first kappa shape index (κ1) is 15.7. The molecule has 8 nitrogen and oxygen atoms in total. The molecule has 0 unspecified atom stereocenters. The third-order valence-electron chi connectivity index (χ3n) is 3.40. The number of nitrogens with one attached hydrogen (secondary N) is 1. The van der Waals surface area contributed by atoms with Crippen molar-refractivity contribution in [1.82, 2.24) is 4.98 Å². The minimum atomic E-state index is -0.711. The number of anilines is 1. The van der Waals surface area contributed by atoms with Crippen molar-refractivity contribution in [2.75, 3.05) is 11.9 Å². The molecule has 1 fully saturated rings. The third kappa shape index (κ3) is 4.42. The van der Waals surface area contributed by atoms with Crippen LogP contribution >= 0.6 is 0 Å². The van der Waals surface area contributed by atoms with Gasteiger partial charge in [0.05, 0.1) is 23.4 Å². The minimum Gasteiger partial charge on any atom is -0.477 e. The highest BCUT2D eigenvalue weighted by molar-refractivity contribution is 5.86. The number of ether oxygens (including phenoxy) is 2. The maximum atomic E-state index is 11.8. The van der Waals surface area contributed by atoms with Crippen molar-refractivity contribution >= 4 is 17.5 Å². The monoisotopic (exact) mass is 329 g/mol. The molecule has 0 radical (unpaired) electrons. The van der Waals surface area contributed by atoms with Crippen LogP contribution in [0, 0.1) is 16.0 Å². The molecule has 2 aromatic rings. The van der Waals surface area contributed by atoms with Gasteiger partial charge in [0.15, 0.2) is 0 Å². The van der Waals surface area contributed by atoms with E-state index in [4.69, 9.17) is 9.47 Å². The van der Waals surface area contributed by atoms with Crippen LogP contribution in [-0.2, 0) is 0 Å². The number of nitrogens with zero attached hydrogens (tertiary/aromatic N) is 2. The molecule has 24 heavy (non-hydrogen) atoms. The number of pyridine rings is 1. The van der Waals surface area contributed by atoms with E-state index >= 15 is 0 Å². The second-order valence-electron chi connectivity index (χ2n) is 5.41. The standard InChI is InChI=1S/C16H15N3O5/c20-16(24-14-6-4-13(5-7-14)19(21)22)18-12-3-8-15(17-9-12)23-10-11-1-2-11/h3-9,11H,1-2,10H2,(H,18,20). The lowest BCUT2D eigenvalue weighted by Gasteiger charge is -2.07. The van der Waals surface area contributed by atoms with Crippen molar-refractivity contribution in [1.29, 1.82) is 0 Å². The first-order valence-electron chi connectivity index (χ1n) is 7.42. The number of hydrogen-bond donors (Lipinski definition) is 1. The van der Waals surface area contributed by atoms with Gasteiger partial charge in [0, 0.05) is 18.2 Å². The molecule has 1 aliphatic carbocycles. The molecular weight excluding hydrogens is 314 g/mol. The van der Waals surface area contributed by atoms with E-state index in [0.29, 0.717) is 24.1 Å². The summed E-state index contributed by atoms with van der Waals surface area (Å²) in [5.74, 6) is 1.35. The van der Waals surface area contributed by atoms with Crippen LogP contribution in [0.4, 0.5) is 16.2 Å². The van der Waals surface area contributed by atoms with Crippen LogP contribution < -0.4 is 14.8 Å². The molecule has 1 aromatic heterocycles. The molecule has 0 bridgehead atoms. The summed E-state index contributed by atoms with van der Waals surface area (Å²) >= 11 is 0. The summed E-state index contributed by atoms with van der Waals surface area (Å²) < 4.78 is 10.5. The smallest absolute Gasteiger partial charge is 0.417 e. The number of carbonyl (C=O) groups excluding carboxylic acids is 1. The van der Waals surface area contributed by atoms with Gasteiger partial charge in [0.1, 0.15) is 5.75 Å². The average molecular weight is 329 g/mol. The molecule has 0 spiro atoms. The van der Waals surface area contributed by atoms with Crippen molar-refractivity contribution < 1.29 is 19.2 Å². The van der Waals surface area contributed by atoms with Crippen LogP contribution in [0.25, 0.3) is 0 Å². The molecule has 1 saturated carbocycles. The number of carbonyl (C=O) groups is 1. The molecular formula is C16H15N3O5. The summed E-state index contributed by atoms with van der Waals surface area (Å²) in [6.45, 7) is 0.669. The topological polar surface area (TPSA) is 104 Å². The SMILES string of the molecule is O=C(Nc1ccc(OCC2CC2)nc1)Oc1ccc([N+](=O)[O-])cc1. The zero-order valence-corrected chi connectivity index (χ0v) is 12.7. The second-order valence-corrected chi connectivity index (χ2v) is 5.41. The van der Waals surface area contributed by atoms with E-state index < -0.39 is 11.0 Å². The Hall–Kier alpha value is -3.16. The fourth-order valence-electron chi connectivity index (χ4n) is 1.91. The molecule has 0 saturated heterocycles. The van der Waals surface area contributed by atoms with E-state index in [-0.39, 0.29) is 11.4 Å². The van der Waals surface area contributed by atoms with Crippen LogP contribution in [-0.4, -0.2) is 22.6 Å². The van der Waals surface area contributed by atoms with Gasteiger partial charge in [0.25, 0.3) is 5.69 Å². The van der Waals surface area contributed by atoms with Crippen LogP contribution in [0.2, 0.25) is 0 Å². The summed E-state index contributed by atoms with van der Waals surface area (Å²) in [4.78, 5) is 25.9. The fraction of sp³-hybridized carbons (Fsp3) is 0.250. The van der Waals surface area contributed by atoms with E-state index in [1.165, 1.54) is 43.3 Å². The predicted octanol–water partition coefficient (Wildman–Crippen LogP) is 3.39. The molecule has 1 aromatic carbocycles. The molecule has 1 aliphatic rings. The van der Waals surface area contributed by atoms with Gasteiger partial charge in [-0.25, -0.2) is 9.78 Å². The highest BCUT2D eigenvalue weighted by Crippen LogP contribution is 2.29. The number of hydrogen-bond acceptors (Lipinski definition) is 6. The Bertz CT molecular complexity index is 726. The molecule has 3 rings (SSSR count). The van der Waals surface area contributed by atoms with E-state index in [2.05, 4.69) is 10.3 Å². The Morgan fingerprint density at radius 1 is 1.25 bits per heavy atom. The Morgan fingerprint density at radius 2 is 2.00 bits per heavy atom. The number of nitro groups is 1. The molecule has 124 valence electrons. The molecule has 1 amide bonds. The lowest BCUT2D eigenvalue weighted by atomic mass is 10.3. The zero-order chi connectivity index (χ0) is 16.9. The van der Waals surface area contributed by atoms with E-state index in [9.17, 15) is 14.9 Å². The van der Waals surface area contributed by atoms with Crippen LogP contribution in [0.15, 0.2) is 42.6 Å². The number of nitro benzene ring substituents is 1. The minimum absolute atomic E-state index is 0.0752. The summed E-state index contributed by atoms with van der Waals surface area (Å²) in [5.41, 5.74) is 0.384. The fourth-order valence-corrected chi connectivity index (χ4v) is 1.91. The van der Waals surface area contributed by atoms with Gasteiger partial charge in [-0.3, -0.25) is 15.4 Å². The zero-order valence-electron chi connectivity index (χ0n) is 12.7. The first-order valence-corrected chi connectivity index (χ1v) is 7.42. The lowest BCUT2D eigenvalue weighted by molar-refractivity contribution is -0.384. The van der Waals surface area contributed by atoms with Crippen LogP contribution in [0.3, 0.4) is 0 Å². The van der Waals surface area contributed by atoms with Crippen LogP contribution in [0.1, 0.15) is 12.8 Å².